The van der Waals surface area contributed by atoms with E-state index in [-0.39, 0.29) is 0 Å². The van der Waals surface area contributed by atoms with Crippen LogP contribution in [0.3, 0.4) is 0 Å². The average molecular weight is 252 g/mol. The van der Waals surface area contributed by atoms with Crippen molar-refractivity contribution < 1.29 is 0 Å². The zero-order valence-electron chi connectivity index (χ0n) is 10.9. The molecule has 0 saturated carbocycles. The van der Waals surface area contributed by atoms with Crippen LogP contribution >= 0.6 is 0 Å². The van der Waals surface area contributed by atoms with E-state index in [1.54, 1.807) is 0 Å². The highest BCUT2D eigenvalue weighted by Crippen LogP contribution is 2.10. The van der Waals surface area contributed by atoms with Crippen LogP contribution in [0, 0.1) is 6.92 Å². The third kappa shape index (κ3) is 2.48. The van der Waals surface area contributed by atoms with Gasteiger partial charge in [-0.3, -0.25) is 4.98 Å². The maximum atomic E-state index is 4.33. The Hall–Kier alpha value is -2.20. The first-order valence-corrected chi connectivity index (χ1v) is 6.36. The van der Waals surface area contributed by atoms with Gasteiger partial charge in [-0.25, -0.2) is 4.52 Å². The third-order valence-corrected chi connectivity index (χ3v) is 3.28. The van der Waals surface area contributed by atoms with Gasteiger partial charge in [0.25, 0.3) is 0 Å². The van der Waals surface area contributed by atoms with E-state index in [0.29, 0.717) is 0 Å². The van der Waals surface area contributed by atoms with Crippen LogP contribution in [0.1, 0.15) is 16.7 Å². The lowest BCUT2D eigenvalue weighted by atomic mass is 10.1. The van der Waals surface area contributed by atoms with Crippen LogP contribution in [0.2, 0.25) is 0 Å². The number of fused-ring (bicyclic) bond motifs is 1. The summed E-state index contributed by atoms with van der Waals surface area (Å²) in [7, 11) is 0. The Kier molecular flexibility index (Phi) is 3.25. The Morgan fingerprint density at radius 1 is 1.11 bits per heavy atom. The number of nitrogens with zero attached hydrogens (tertiary/aromatic N) is 3. The van der Waals surface area contributed by atoms with Gasteiger partial charge in [-0.05, 0) is 36.2 Å². The molecule has 0 spiro atoms. The summed E-state index contributed by atoms with van der Waals surface area (Å²) in [5.41, 5.74) is 4.86. The molecule has 0 aliphatic carbocycles. The summed E-state index contributed by atoms with van der Waals surface area (Å²) >= 11 is 0. The minimum absolute atomic E-state index is 0.807. The topological polar surface area (TPSA) is 42.2 Å². The first-order chi connectivity index (χ1) is 9.34. The average Bonchev–Trinajstić information content (AvgIpc) is 2.85. The van der Waals surface area contributed by atoms with Crippen molar-refractivity contribution in [2.45, 2.75) is 20.0 Å². The monoisotopic (exact) mass is 252 g/mol. The van der Waals surface area contributed by atoms with Crippen LogP contribution in [0.4, 0.5) is 0 Å². The summed E-state index contributed by atoms with van der Waals surface area (Å²) in [6, 6.07) is 8.13. The van der Waals surface area contributed by atoms with E-state index in [4.69, 9.17) is 0 Å². The molecule has 0 fully saturated rings. The first-order valence-electron chi connectivity index (χ1n) is 6.36. The van der Waals surface area contributed by atoms with Gasteiger partial charge in [0.15, 0.2) is 0 Å². The summed E-state index contributed by atoms with van der Waals surface area (Å²) in [6.45, 7) is 3.74. The van der Waals surface area contributed by atoms with Crippen LogP contribution in [-0.4, -0.2) is 14.6 Å². The Morgan fingerprint density at radius 2 is 2.00 bits per heavy atom. The normalized spacial score (nSPS) is 11.0. The second kappa shape index (κ2) is 5.20. The minimum Gasteiger partial charge on any atom is -0.308 e. The smallest absolute Gasteiger partial charge is 0.0706 e. The van der Waals surface area contributed by atoms with Crippen molar-refractivity contribution in [3.05, 3.63) is 65.7 Å². The molecule has 0 radical (unpaired) electrons. The fraction of sp³-hybridized carbons (Fsp3) is 0.200. The molecule has 19 heavy (non-hydrogen) atoms. The fourth-order valence-electron chi connectivity index (χ4n) is 2.14. The fourth-order valence-corrected chi connectivity index (χ4v) is 2.14. The SMILES string of the molecule is Cc1ccncc1CNCc1cnn2ccccc12. The molecule has 0 amide bonds. The molecule has 1 N–H and O–H groups in total. The van der Waals surface area contributed by atoms with Crippen molar-refractivity contribution in [1.29, 1.82) is 0 Å². The van der Waals surface area contributed by atoms with Crippen LogP contribution in [0.15, 0.2) is 49.1 Å². The third-order valence-electron chi connectivity index (χ3n) is 3.28. The maximum absolute atomic E-state index is 4.33. The summed E-state index contributed by atoms with van der Waals surface area (Å²) in [4.78, 5) is 4.15. The van der Waals surface area contributed by atoms with Crippen LogP contribution in [0.25, 0.3) is 5.52 Å². The number of pyridine rings is 2. The highest BCUT2D eigenvalue weighted by atomic mass is 15.2. The van der Waals surface area contributed by atoms with Crippen LogP contribution in [0.5, 0.6) is 0 Å². The molecule has 0 atom stereocenters. The number of nitrogens with one attached hydrogen (secondary N) is 1. The number of aromatic nitrogens is 3. The molecular weight excluding hydrogens is 236 g/mol. The van der Waals surface area contributed by atoms with Gasteiger partial charge in [0.2, 0.25) is 0 Å². The zero-order chi connectivity index (χ0) is 13.1. The van der Waals surface area contributed by atoms with Gasteiger partial charge in [0.05, 0.1) is 11.7 Å². The van der Waals surface area contributed by atoms with Gasteiger partial charge < -0.3 is 5.32 Å². The molecule has 3 rings (SSSR count). The van der Waals surface area contributed by atoms with E-state index < -0.39 is 0 Å². The molecule has 4 heteroatoms. The number of hydrogen-bond donors (Lipinski definition) is 1. The lowest BCUT2D eigenvalue weighted by molar-refractivity contribution is 0.691. The van der Waals surface area contributed by atoms with E-state index in [9.17, 15) is 0 Å². The molecule has 3 aromatic rings. The second-order valence-electron chi connectivity index (χ2n) is 4.61. The zero-order valence-corrected chi connectivity index (χ0v) is 10.9. The van der Waals surface area contributed by atoms with E-state index >= 15 is 0 Å². The Balaban J connectivity index is 1.68. The lowest BCUT2D eigenvalue weighted by Gasteiger charge is -2.06. The highest BCUT2D eigenvalue weighted by Gasteiger charge is 2.03. The number of aryl methyl sites for hydroxylation is 1. The first kappa shape index (κ1) is 11.9. The molecule has 3 heterocycles. The number of rotatable bonds is 4. The lowest BCUT2D eigenvalue weighted by Crippen LogP contribution is -2.13. The van der Waals surface area contributed by atoms with Crippen molar-refractivity contribution in [3.63, 3.8) is 0 Å². The van der Waals surface area contributed by atoms with Crippen LogP contribution < -0.4 is 5.32 Å². The van der Waals surface area contributed by atoms with Crippen molar-refractivity contribution in [3.8, 4) is 0 Å². The molecule has 96 valence electrons. The molecule has 3 aromatic heterocycles. The second-order valence-corrected chi connectivity index (χ2v) is 4.61. The Bertz CT molecular complexity index is 687. The minimum atomic E-state index is 0.807. The van der Waals surface area contributed by atoms with Crippen LogP contribution in [-0.2, 0) is 13.1 Å². The molecule has 0 aromatic carbocycles. The van der Waals surface area contributed by atoms with Gasteiger partial charge in [-0.2, -0.15) is 5.10 Å². The quantitative estimate of drug-likeness (QED) is 0.775. The molecule has 0 aliphatic rings. The standard InChI is InChI=1S/C15H16N4/c1-12-5-6-16-8-13(12)9-17-10-14-11-18-19-7-3-2-4-15(14)19/h2-8,11,17H,9-10H2,1H3. The van der Waals surface area contributed by atoms with Gasteiger partial charge in [-0.1, -0.05) is 6.07 Å². The van der Waals surface area contributed by atoms with E-state index in [2.05, 4.69) is 28.4 Å². The summed E-state index contributed by atoms with van der Waals surface area (Å²) in [5, 5.41) is 7.77. The summed E-state index contributed by atoms with van der Waals surface area (Å²) < 4.78 is 1.90. The van der Waals surface area contributed by atoms with Gasteiger partial charge in [0, 0.05) is 37.2 Å². The Morgan fingerprint density at radius 3 is 2.89 bits per heavy atom. The van der Waals surface area contributed by atoms with Gasteiger partial charge >= 0.3 is 0 Å². The van der Waals surface area contributed by atoms with Gasteiger partial charge in [0.1, 0.15) is 0 Å². The van der Waals surface area contributed by atoms with Crippen molar-refractivity contribution in [2.75, 3.05) is 0 Å². The summed E-state index contributed by atoms with van der Waals surface area (Å²) in [6.07, 6.45) is 7.62. The van der Waals surface area contributed by atoms with Gasteiger partial charge in [-0.15, -0.1) is 0 Å². The number of hydrogen-bond acceptors (Lipinski definition) is 3. The highest BCUT2D eigenvalue weighted by molar-refractivity contribution is 5.53. The molecule has 0 bridgehead atoms. The molecule has 0 saturated heterocycles. The predicted octanol–water partition coefficient (Wildman–Crippen LogP) is 2.33. The molecule has 0 unspecified atom stereocenters. The van der Waals surface area contributed by atoms with E-state index in [1.165, 1.54) is 16.7 Å². The van der Waals surface area contributed by atoms with E-state index in [1.807, 2.05) is 47.5 Å². The molecular formula is C15H16N4. The molecule has 4 nitrogen and oxygen atoms in total. The molecule has 0 aliphatic heterocycles. The van der Waals surface area contributed by atoms with Crippen molar-refractivity contribution in [2.24, 2.45) is 0 Å². The Labute approximate surface area is 112 Å². The van der Waals surface area contributed by atoms with E-state index in [0.717, 1.165) is 18.6 Å². The predicted molar refractivity (Wildman–Crippen MR) is 74.7 cm³/mol. The summed E-state index contributed by atoms with van der Waals surface area (Å²) in [5.74, 6) is 0. The maximum Gasteiger partial charge on any atom is 0.0706 e. The van der Waals surface area contributed by atoms with Crippen molar-refractivity contribution in [1.82, 2.24) is 19.9 Å². The largest absolute Gasteiger partial charge is 0.308 e. The van der Waals surface area contributed by atoms with Crippen molar-refractivity contribution >= 4 is 5.52 Å².